The van der Waals surface area contributed by atoms with E-state index in [0.717, 1.165) is 32.0 Å². The number of hydrogen-bond donors (Lipinski definition) is 2. The van der Waals surface area contributed by atoms with Gasteiger partial charge in [-0.3, -0.25) is 9.67 Å². The number of hydrogen-bond acceptors (Lipinski definition) is 3. The molecule has 6 nitrogen and oxygen atoms in total. The fraction of sp³-hybridized carbons (Fsp3) is 0.714. The van der Waals surface area contributed by atoms with Crippen molar-refractivity contribution in [2.75, 3.05) is 32.8 Å². The molecule has 0 bridgehead atoms. The predicted octanol–water partition coefficient (Wildman–Crippen LogP) is 0.860. The molecular formula is C14H26IN5O. The van der Waals surface area contributed by atoms with Crippen LogP contribution in [0.4, 0.5) is 0 Å². The molecule has 0 saturated carbocycles. The summed E-state index contributed by atoms with van der Waals surface area (Å²) in [6, 6.07) is 0. The number of nitrogens with one attached hydrogen (secondary N) is 1. The molecule has 1 aromatic rings. The van der Waals surface area contributed by atoms with Gasteiger partial charge in [-0.25, -0.2) is 0 Å². The van der Waals surface area contributed by atoms with Gasteiger partial charge < -0.3 is 15.3 Å². The highest BCUT2D eigenvalue weighted by atomic mass is 127. The summed E-state index contributed by atoms with van der Waals surface area (Å²) in [6.07, 6.45) is 6.30. The van der Waals surface area contributed by atoms with Crippen LogP contribution in [0.25, 0.3) is 0 Å². The van der Waals surface area contributed by atoms with Crippen LogP contribution in [-0.2, 0) is 13.5 Å². The Labute approximate surface area is 143 Å². The molecule has 2 rings (SSSR count). The zero-order chi connectivity index (χ0) is 14.4. The van der Waals surface area contributed by atoms with E-state index in [2.05, 4.69) is 33.4 Å². The Morgan fingerprint density at radius 3 is 3.00 bits per heavy atom. The molecule has 0 spiro atoms. The molecule has 7 heteroatoms. The van der Waals surface area contributed by atoms with Crippen LogP contribution in [0.15, 0.2) is 17.4 Å². The summed E-state index contributed by atoms with van der Waals surface area (Å²) >= 11 is 0. The van der Waals surface area contributed by atoms with Crippen molar-refractivity contribution < 1.29 is 5.11 Å². The van der Waals surface area contributed by atoms with E-state index in [1.807, 2.05) is 17.9 Å². The number of aliphatic hydroxyl groups excluding tert-OH is 1. The van der Waals surface area contributed by atoms with Crippen molar-refractivity contribution in [3.63, 3.8) is 0 Å². The van der Waals surface area contributed by atoms with Crippen LogP contribution in [0.2, 0.25) is 0 Å². The van der Waals surface area contributed by atoms with Gasteiger partial charge in [0, 0.05) is 32.9 Å². The molecule has 0 aromatic carbocycles. The van der Waals surface area contributed by atoms with Crippen LogP contribution >= 0.6 is 24.0 Å². The number of likely N-dealkylation sites (tertiary alicyclic amines) is 1. The van der Waals surface area contributed by atoms with Gasteiger partial charge in [0.2, 0.25) is 0 Å². The molecule has 2 heterocycles. The topological polar surface area (TPSA) is 65.7 Å². The first-order valence-corrected chi connectivity index (χ1v) is 7.34. The third kappa shape index (κ3) is 5.46. The molecule has 120 valence electrons. The highest BCUT2D eigenvalue weighted by Gasteiger charge is 2.25. The number of nitrogens with zero attached hydrogens (tertiary/aromatic N) is 4. The number of aliphatic hydroxyl groups is 1. The van der Waals surface area contributed by atoms with Gasteiger partial charge in [-0.05, 0) is 31.2 Å². The van der Waals surface area contributed by atoms with Crippen molar-refractivity contribution in [2.24, 2.45) is 18.0 Å². The Bertz CT molecular complexity index is 448. The Hall–Kier alpha value is -0.830. The average Bonchev–Trinajstić information content (AvgIpc) is 3.04. The van der Waals surface area contributed by atoms with Gasteiger partial charge in [0.1, 0.15) is 0 Å². The van der Waals surface area contributed by atoms with E-state index in [0.29, 0.717) is 12.5 Å². The first kappa shape index (κ1) is 18.2. The average molecular weight is 407 g/mol. The number of rotatable bonds is 5. The van der Waals surface area contributed by atoms with Crippen molar-refractivity contribution in [1.29, 1.82) is 0 Å². The molecule has 1 atom stereocenters. The van der Waals surface area contributed by atoms with Gasteiger partial charge >= 0.3 is 0 Å². The summed E-state index contributed by atoms with van der Waals surface area (Å²) in [4.78, 5) is 6.72. The summed E-state index contributed by atoms with van der Waals surface area (Å²) in [6.45, 7) is 5.54. The molecular weight excluding hydrogens is 381 g/mol. The van der Waals surface area contributed by atoms with Crippen LogP contribution in [0, 0.1) is 5.92 Å². The predicted molar refractivity (Wildman–Crippen MR) is 95.1 cm³/mol. The normalized spacial score (nSPS) is 18.7. The second kappa shape index (κ2) is 9.24. The largest absolute Gasteiger partial charge is 0.394 e. The quantitative estimate of drug-likeness (QED) is 0.432. The molecule has 1 unspecified atom stereocenters. The van der Waals surface area contributed by atoms with Crippen molar-refractivity contribution in [3.05, 3.63) is 18.0 Å². The summed E-state index contributed by atoms with van der Waals surface area (Å²) < 4.78 is 1.86. The molecule has 1 aromatic heterocycles. The minimum atomic E-state index is 0. The highest BCUT2D eigenvalue weighted by molar-refractivity contribution is 14.0. The lowest BCUT2D eigenvalue weighted by atomic mass is 10.0. The molecule has 1 saturated heterocycles. The van der Waals surface area contributed by atoms with E-state index in [1.165, 1.54) is 12.0 Å². The molecule has 0 aliphatic carbocycles. The van der Waals surface area contributed by atoms with Crippen molar-refractivity contribution >= 4 is 29.9 Å². The Kier molecular flexibility index (Phi) is 8.02. The van der Waals surface area contributed by atoms with Crippen molar-refractivity contribution in [3.8, 4) is 0 Å². The fourth-order valence-corrected chi connectivity index (χ4v) is 2.68. The summed E-state index contributed by atoms with van der Waals surface area (Å²) in [5.74, 6) is 1.58. The first-order chi connectivity index (χ1) is 9.72. The van der Waals surface area contributed by atoms with E-state index >= 15 is 0 Å². The highest BCUT2D eigenvalue weighted by Crippen LogP contribution is 2.20. The van der Waals surface area contributed by atoms with Gasteiger partial charge in [0.25, 0.3) is 0 Å². The van der Waals surface area contributed by atoms with Crippen LogP contribution in [0.3, 0.4) is 0 Å². The third-order valence-corrected chi connectivity index (χ3v) is 3.56. The van der Waals surface area contributed by atoms with E-state index in [-0.39, 0.29) is 30.6 Å². The third-order valence-electron chi connectivity index (χ3n) is 3.56. The number of guanidine groups is 1. The molecule has 1 aliphatic rings. The van der Waals surface area contributed by atoms with E-state index in [1.54, 1.807) is 0 Å². The van der Waals surface area contributed by atoms with Crippen molar-refractivity contribution in [2.45, 2.75) is 19.8 Å². The minimum absolute atomic E-state index is 0. The second-order valence-electron chi connectivity index (χ2n) is 5.29. The lowest BCUT2D eigenvalue weighted by molar-refractivity contribution is 0.305. The van der Waals surface area contributed by atoms with Gasteiger partial charge in [0.05, 0.1) is 19.3 Å². The standard InChI is InChI=1S/C14H25N5O.HI/c1-3-15-14(16-5-7-20)19-6-4-12(11-19)8-13-9-17-18(2)10-13;/h9-10,12,20H,3-8,11H2,1-2H3,(H,15,16);1H. The van der Waals surface area contributed by atoms with Crippen LogP contribution in [0.1, 0.15) is 18.9 Å². The van der Waals surface area contributed by atoms with Crippen LogP contribution in [0.5, 0.6) is 0 Å². The Morgan fingerprint density at radius 2 is 2.38 bits per heavy atom. The molecule has 21 heavy (non-hydrogen) atoms. The lowest BCUT2D eigenvalue weighted by Gasteiger charge is -2.21. The second-order valence-corrected chi connectivity index (χ2v) is 5.29. The lowest BCUT2D eigenvalue weighted by Crippen LogP contribution is -2.40. The number of aryl methyl sites for hydroxylation is 1. The van der Waals surface area contributed by atoms with Gasteiger partial charge in [-0.1, -0.05) is 0 Å². The van der Waals surface area contributed by atoms with Crippen molar-refractivity contribution in [1.82, 2.24) is 20.0 Å². The van der Waals surface area contributed by atoms with Gasteiger partial charge in [-0.2, -0.15) is 5.10 Å². The number of aromatic nitrogens is 2. The molecule has 0 radical (unpaired) electrons. The first-order valence-electron chi connectivity index (χ1n) is 7.34. The molecule has 1 fully saturated rings. The Balaban J connectivity index is 0.00000220. The SMILES string of the molecule is CCNC(=NCCO)N1CCC(Cc2cnn(C)c2)C1.I. The summed E-state index contributed by atoms with van der Waals surface area (Å²) in [5.41, 5.74) is 1.30. The minimum Gasteiger partial charge on any atom is -0.394 e. The van der Waals surface area contributed by atoms with Gasteiger partial charge in [-0.15, -0.1) is 24.0 Å². The summed E-state index contributed by atoms with van der Waals surface area (Å²) in [7, 11) is 1.95. The molecule has 1 aliphatic heterocycles. The van der Waals surface area contributed by atoms with E-state index in [9.17, 15) is 0 Å². The molecule has 2 N–H and O–H groups in total. The molecule has 0 amide bonds. The maximum absolute atomic E-state index is 8.91. The van der Waals surface area contributed by atoms with Gasteiger partial charge in [0.15, 0.2) is 5.96 Å². The summed E-state index contributed by atoms with van der Waals surface area (Å²) in [5, 5.41) is 16.4. The van der Waals surface area contributed by atoms with E-state index < -0.39 is 0 Å². The van der Waals surface area contributed by atoms with Crippen LogP contribution in [-0.4, -0.2) is 58.5 Å². The smallest absolute Gasteiger partial charge is 0.194 e. The maximum atomic E-state index is 8.91. The number of halogens is 1. The Morgan fingerprint density at radius 1 is 1.57 bits per heavy atom. The zero-order valence-corrected chi connectivity index (χ0v) is 15.2. The zero-order valence-electron chi connectivity index (χ0n) is 12.8. The monoisotopic (exact) mass is 407 g/mol. The number of aliphatic imine (C=N–C) groups is 1. The van der Waals surface area contributed by atoms with Crippen LogP contribution < -0.4 is 5.32 Å². The maximum Gasteiger partial charge on any atom is 0.194 e. The van der Waals surface area contributed by atoms with E-state index in [4.69, 9.17) is 5.11 Å². The fourth-order valence-electron chi connectivity index (χ4n) is 2.68.